The van der Waals surface area contributed by atoms with Gasteiger partial charge in [0.05, 0.1) is 6.04 Å². The number of carbonyl (C=O) groups excluding carboxylic acids is 1. The average molecular weight is 257 g/mol. The number of aliphatic carboxylic acids is 2. The van der Waals surface area contributed by atoms with Crippen LogP contribution in [0.1, 0.15) is 17.8 Å². The van der Waals surface area contributed by atoms with E-state index in [1.807, 2.05) is 0 Å². The third-order valence-corrected chi connectivity index (χ3v) is 3.03. The van der Waals surface area contributed by atoms with Crippen molar-refractivity contribution in [3.05, 3.63) is 22.4 Å². The second-order valence-corrected chi connectivity index (χ2v) is 4.33. The lowest BCUT2D eigenvalue weighted by atomic mass is 9.98. The topological polar surface area (TPSA) is 104 Å². The van der Waals surface area contributed by atoms with Crippen LogP contribution in [0.5, 0.6) is 0 Å². The molecule has 1 amide bonds. The molecular weight excluding hydrogens is 246 g/mol. The van der Waals surface area contributed by atoms with Gasteiger partial charge < -0.3 is 15.5 Å². The van der Waals surface area contributed by atoms with Crippen LogP contribution in [-0.2, 0) is 14.4 Å². The van der Waals surface area contributed by atoms with Crippen molar-refractivity contribution in [2.45, 2.75) is 13.0 Å². The fraction of sp³-hybridized carbons (Fsp3) is 0.300. The largest absolute Gasteiger partial charge is 0.481 e. The molecule has 7 heteroatoms. The highest BCUT2D eigenvalue weighted by Crippen LogP contribution is 2.26. The third kappa shape index (κ3) is 3.28. The monoisotopic (exact) mass is 257 g/mol. The van der Waals surface area contributed by atoms with E-state index in [1.54, 1.807) is 17.5 Å². The Morgan fingerprint density at radius 1 is 1.29 bits per heavy atom. The number of carboxylic acid groups (broad SMARTS) is 2. The first-order valence-electron chi connectivity index (χ1n) is 4.69. The molecule has 0 fully saturated rings. The summed E-state index contributed by atoms with van der Waals surface area (Å²) >= 11 is 1.19. The molecule has 0 bridgehead atoms. The molecule has 0 saturated heterocycles. The predicted octanol–water partition coefficient (Wildman–Crippen LogP) is 0.711. The zero-order valence-corrected chi connectivity index (χ0v) is 9.73. The Morgan fingerprint density at radius 3 is 2.24 bits per heavy atom. The van der Waals surface area contributed by atoms with E-state index in [-0.39, 0.29) is 0 Å². The number of rotatable bonds is 5. The number of carboxylic acids is 2. The van der Waals surface area contributed by atoms with Gasteiger partial charge in [-0.15, -0.1) is 11.3 Å². The smallest absolute Gasteiger partial charge is 0.320 e. The number of nitrogens with one attached hydrogen (secondary N) is 1. The van der Waals surface area contributed by atoms with Crippen LogP contribution in [0.2, 0.25) is 0 Å². The molecule has 1 aromatic heterocycles. The van der Waals surface area contributed by atoms with Crippen LogP contribution >= 0.6 is 11.3 Å². The molecule has 17 heavy (non-hydrogen) atoms. The van der Waals surface area contributed by atoms with Gasteiger partial charge in [0.1, 0.15) is 0 Å². The van der Waals surface area contributed by atoms with Crippen molar-refractivity contribution in [2.75, 3.05) is 0 Å². The summed E-state index contributed by atoms with van der Waals surface area (Å²) in [6.45, 7) is 1.21. The van der Waals surface area contributed by atoms with Crippen molar-refractivity contribution in [3.63, 3.8) is 0 Å². The van der Waals surface area contributed by atoms with Crippen LogP contribution in [-0.4, -0.2) is 28.1 Å². The molecule has 1 atom stereocenters. The summed E-state index contributed by atoms with van der Waals surface area (Å²) in [5, 5.41) is 21.8. The SMILES string of the molecule is CC(=O)NC(c1cccs1)C(C(=O)O)C(=O)O. The highest BCUT2D eigenvalue weighted by Gasteiger charge is 2.37. The van der Waals surface area contributed by atoms with Crippen LogP contribution in [0.4, 0.5) is 0 Å². The maximum Gasteiger partial charge on any atom is 0.320 e. The van der Waals surface area contributed by atoms with E-state index in [0.717, 1.165) is 0 Å². The lowest BCUT2D eigenvalue weighted by Crippen LogP contribution is -2.39. The zero-order valence-electron chi connectivity index (χ0n) is 8.91. The molecule has 0 spiro atoms. The van der Waals surface area contributed by atoms with Gasteiger partial charge in [0.15, 0.2) is 5.92 Å². The van der Waals surface area contributed by atoms with E-state index in [9.17, 15) is 14.4 Å². The Balaban J connectivity index is 3.08. The third-order valence-electron chi connectivity index (χ3n) is 2.07. The summed E-state index contributed by atoms with van der Waals surface area (Å²) in [6, 6.07) is 2.20. The minimum Gasteiger partial charge on any atom is -0.481 e. The minimum absolute atomic E-state index is 0.476. The molecule has 1 aromatic rings. The molecule has 0 aliphatic heterocycles. The fourth-order valence-electron chi connectivity index (χ4n) is 1.40. The Hall–Kier alpha value is -1.89. The van der Waals surface area contributed by atoms with Crippen LogP contribution in [0.15, 0.2) is 17.5 Å². The molecule has 0 radical (unpaired) electrons. The molecule has 6 nitrogen and oxygen atoms in total. The number of amides is 1. The van der Waals surface area contributed by atoms with Crippen molar-refractivity contribution in [1.29, 1.82) is 0 Å². The first kappa shape index (κ1) is 13.2. The molecule has 1 heterocycles. The summed E-state index contributed by atoms with van der Waals surface area (Å²) in [5.41, 5.74) is 0. The number of carbonyl (C=O) groups is 3. The lowest BCUT2D eigenvalue weighted by molar-refractivity contribution is -0.156. The zero-order chi connectivity index (χ0) is 13.0. The maximum absolute atomic E-state index is 11.0. The second-order valence-electron chi connectivity index (χ2n) is 3.35. The molecule has 0 saturated carbocycles. The Morgan fingerprint density at radius 2 is 1.88 bits per heavy atom. The quantitative estimate of drug-likeness (QED) is 0.674. The Labute approximate surface area is 101 Å². The number of hydrogen-bond acceptors (Lipinski definition) is 4. The van der Waals surface area contributed by atoms with Gasteiger partial charge in [-0.05, 0) is 11.4 Å². The van der Waals surface area contributed by atoms with E-state index >= 15 is 0 Å². The summed E-state index contributed by atoms with van der Waals surface area (Å²) < 4.78 is 0. The maximum atomic E-state index is 11.0. The molecule has 0 aliphatic carbocycles. The van der Waals surface area contributed by atoms with Crippen molar-refractivity contribution in [3.8, 4) is 0 Å². The van der Waals surface area contributed by atoms with Gasteiger partial charge in [0, 0.05) is 11.8 Å². The van der Waals surface area contributed by atoms with Crippen LogP contribution in [0.3, 0.4) is 0 Å². The molecule has 0 aromatic carbocycles. The van der Waals surface area contributed by atoms with Crippen molar-refractivity contribution in [1.82, 2.24) is 5.32 Å². The number of thiophene rings is 1. The molecule has 1 rings (SSSR count). The van der Waals surface area contributed by atoms with Gasteiger partial charge in [-0.2, -0.15) is 0 Å². The molecule has 92 valence electrons. The van der Waals surface area contributed by atoms with Crippen molar-refractivity contribution >= 4 is 29.2 Å². The summed E-state index contributed by atoms with van der Waals surface area (Å²) in [6.07, 6.45) is 0. The van der Waals surface area contributed by atoms with Gasteiger partial charge in [-0.25, -0.2) is 0 Å². The van der Waals surface area contributed by atoms with Gasteiger partial charge in [0.2, 0.25) is 5.91 Å². The molecule has 0 aliphatic rings. The van der Waals surface area contributed by atoms with Gasteiger partial charge in [-0.3, -0.25) is 14.4 Å². The predicted molar refractivity (Wildman–Crippen MR) is 59.6 cm³/mol. The Kier molecular flexibility index (Phi) is 4.22. The standard InChI is InChI=1S/C10H11NO5S/c1-5(12)11-8(6-3-2-4-17-6)7(9(13)14)10(15)16/h2-4,7-8H,1H3,(H,11,12)(H,13,14)(H,15,16). The van der Waals surface area contributed by atoms with Gasteiger partial charge in [-0.1, -0.05) is 6.07 Å². The first-order chi connectivity index (χ1) is 7.93. The van der Waals surface area contributed by atoms with Crippen LogP contribution in [0.25, 0.3) is 0 Å². The van der Waals surface area contributed by atoms with E-state index in [1.165, 1.54) is 18.3 Å². The van der Waals surface area contributed by atoms with E-state index in [0.29, 0.717) is 4.88 Å². The van der Waals surface area contributed by atoms with Crippen LogP contribution < -0.4 is 5.32 Å². The summed E-state index contributed by atoms with van der Waals surface area (Å²) in [4.78, 5) is 33.4. The number of hydrogen-bond donors (Lipinski definition) is 3. The van der Waals surface area contributed by atoms with E-state index in [2.05, 4.69) is 5.32 Å². The normalized spacial score (nSPS) is 12.1. The van der Waals surface area contributed by atoms with Gasteiger partial charge in [0.25, 0.3) is 0 Å². The minimum atomic E-state index is -1.70. The highest BCUT2D eigenvalue weighted by molar-refractivity contribution is 7.10. The first-order valence-corrected chi connectivity index (χ1v) is 5.57. The van der Waals surface area contributed by atoms with Crippen molar-refractivity contribution < 1.29 is 24.6 Å². The molecular formula is C10H11NO5S. The van der Waals surface area contributed by atoms with Gasteiger partial charge >= 0.3 is 11.9 Å². The molecule has 1 unspecified atom stereocenters. The average Bonchev–Trinajstić information content (AvgIpc) is 2.66. The van der Waals surface area contributed by atoms with E-state index in [4.69, 9.17) is 10.2 Å². The summed E-state index contributed by atoms with van der Waals surface area (Å²) in [5.74, 6) is -5.14. The van der Waals surface area contributed by atoms with Crippen LogP contribution in [0, 0.1) is 5.92 Å². The summed E-state index contributed by atoms with van der Waals surface area (Å²) in [7, 11) is 0. The van der Waals surface area contributed by atoms with Crippen molar-refractivity contribution in [2.24, 2.45) is 5.92 Å². The highest BCUT2D eigenvalue weighted by atomic mass is 32.1. The Bertz CT molecular complexity index is 414. The lowest BCUT2D eigenvalue weighted by Gasteiger charge is -2.20. The molecule has 3 N–H and O–H groups in total. The van der Waals surface area contributed by atoms with E-state index < -0.39 is 29.8 Å². The fourth-order valence-corrected chi connectivity index (χ4v) is 2.21. The second kappa shape index (κ2) is 5.44.